The Kier molecular flexibility index (Phi) is 7.53. The lowest BCUT2D eigenvalue weighted by Gasteiger charge is -2.35. The molecule has 136 valence electrons. The lowest BCUT2D eigenvalue weighted by molar-refractivity contribution is 0.143. The molecule has 5 nitrogen and oxygen atoms in total. The van der Waals surface area contributed by atoms with Crippen LogP contribution in [0.25, 0.3) is 0 Å². The van der Waals surface area contributed by atoms with Gasteiger partial charge < -0.3 is 9.64 Å². The van der Waals surface area contributed by atoms with E-state index in [9.17, 15) is 8.42 Å². The molecule has 0 aromatic heterocycles. The minimum Gasteiger partial charge on any atom is -0.496 e. The van der Waals surface area contributed by atoms with Crippen LogP contribution in [0, 0.1) is 0 Å². The Labute approximate surface area is 153 Å². The lowest BCUT2D eigenvalue weighted by Crippen LogP contribution is -2.40. The number of rotatable bonds is 8. The molecule has 0 aliphatic carbocycles. The number of hydrogen-bond acceptors (Lipinski definition) is 4. The number of halogens is 1. The lowest BCUT2D eigenvalue weighted by atomic mass is 10.00. The Bertz CT molecular complexity index is 637. The topological polar surface area (TPSA) is 58.6 Å². The highest BCUT2D eigenvalue weighted by atomic mass is 79.9. The Balaban J connectivity index is 1.85. The number of nitrogens with one attached hydrogen (secondary N) is 1. The van der Waals surface area contributed by atoms with E-state index in [0.717, 1.165) is 19.5 Å². The van der Waals surface area contributed by atoms with Crippen LogP contribution in [0.2, 0.25) is 0 Å². The van der Waals surface area contributed by atoms with Crippen molar-refractivity contribution >= 4 is 26.0 Å². The molecule has 1 aliphatic rings. The van der Waals surface area contributed by atoms with Crippen LogP contribution in [-0.4, -0.2) is 46.1 Å². The average molecular weight is 419 g/mol. The molecule has 0 amide bonds. The number of piperidine rings is 1. The number of methoxy groups -OCH3 is 1. The van der Waals surface area contributed by atoms with Crippen molar-refractivity contribution in [1.82, 2.24) is 9.62 Å². The Morgan fingerprint density at radius 3 is 2.83 bits per heavy atom. The van der Waals surface area contributed by atoms with Crippen LogP contribution in [0.5, 0.6) is 5.75 Å². The van der Waals surface area contributed by atoms with Crippen molar-refractivity contribution in [3.63, 3.8) is 0 Å². The molecule has 1 aromatic rings. The highest BCUT2D eigenvalue weighted by Crippen LogP contribution is 2.27. The van der Waals surface area contributed by atoms with Crippen LogP contribution in [0.4, 0.5) is 0 Å². The van der Waals surface area contributed by atoms with Crippen LogP contribution in [-0.2, 0) is 10.0 Å². The number of benzene rings is 1. The van der Waals surface area contributed by atoms with E-state index >= 15 is 0 Å². The zero-order valence-corrected chi connectivity index (χ0v) is 16.8. The number of hydrogen-bond donors (Lipinski definition) is 1. The van der Waals surface area contributed by atoms with Gasteiger partial charge in [-0.05, 0) is 72.9 Å². The normalized spacial score (nSPS) is 19.4. The molecule has 1 aliphatic heterocycles. The minimum absolute atomic E-state index is 0.250. The summed E-state index contributed by atoms with van der Waals surface area (Å²) in [6.07, 6.45) is 5.83. The predicted octanol–water partition coefficient (Wildman–Crippen LogP) is 3.39. The summed E-state index contributed by atoms with van der Waals surface area (Å²) in [4.78, 5) is 2.75. The van der Waals surface area contributed by atoms with Gasteiger partial charge >= 0.3 is 0 Å². The summed E-state index contributed by atoms with van der Waals surface area (Å²) in [5, 5.41) is 0. The quantitative estimate of drug-likeness (QED) is 0.657. The van der Waals surface area contributed by atoms with Crippen molar-refractivity contribution in [2.45, 2.75) is 50.0 Å². The van der Waals surface area contributed by atoms with Crippen molar-refractivity contribution in [2.75, 3.05) is 26.7 Å². The summed E-state index contributed by atoms with van der Waals surface area (Å²) >= 11 is 3.32. The van der Waals surface area contributed by atoms with Gasteiger partial charge in [-0.2, -0.15) is 0 Å². The maximum absolute atomic E-state index is 12.4. The second kappa shape index (κ2) is 9.17. The molecule has 1 fully saturated rings. The maximum atomic E-state index is 12.4. The van der Waals surface area contributed by atoms with Gasteiger partial charge in [-0.1, -0.05) is 13.3 Å². The highest BCUT2D eigenvalue weighted by molar-refractivity contribution is 9.10. The van der Waals surface area contributed by atoms with Crippen molar-refractivity contribution in [1.29, 1.82) is 0 Å². The molecule has 1 N–H and O–H groups in total. The first-order valence-corrected chi connectivity index (χ1v) is 10.8. The summed E-state index contributed by atoms with van der Waals surface area (Å²) in [5.41, 5.74) is 0. The maximum Gasteiger partial charge on any atom is 0.240 e. The average Bonchev–Trinajstić information content (AvgIpc) is 2.59. The van der Waals surface area contributed by atoms with E-state index in [1.54, 1.807) is 25.3 Å². The van der Waals surface area contributed by atoms with Gasteiger partial charge in [0, 0.05) is 12.6 Å². The van der Waals surface area contributed by atoms with Crippen LogP contribution < -0.4 is 9.46 Å². The molecule has 1 saturated heterocycles. The first-order chi connectivity index (χ1) is 11.5. The molecular weight excluding hydrogens is 392 g/mol. The largest absolute Gasteiger partial charge is 0.496 e. The molecule has 1 heterocycles. The van der Waals surface area contributed by atoms with E-state index in [0.29, 0.717) is 22.8 Å². The number of sulfonamides is 1. The minimum atomic E-state index is -3.48. The van der Waals surface area contributed by atoms with Gasteiger partial charge in [-0.3, -0.25) is 0 Å². The number of ether oxygens (including phenoxy) is 1. The summed E-state index contributed by atoms with van der Waals surface area (Å²) in [6.45, 7) is 4.77. The molecule has 1 atom stereocenters. The fourth-order valence-corrected chi connectivity index (χ4v) is 5.00. The van der Waals surface area contributed by atoms with Crippen molar-refractivity contribution in [3.8, 4) is 5.75 Å². The molecule has 2 rings (SSSR count). The summed E-state index contributed by atoms with van der Waals surface area (Å²) in [6, 6.07) is 5.44. The van der Waals surface area contributed by atoms with Gasteiger partial charge in [0.25, 0.3) is 0 Å². The Morgan fingerprint density at radius 1 is 1.38 bits per heavy atom. The standard InChI is InChI=1S/C17H27BrN2O3S/c1-3-14-7-4-5-11-20(14)12-6-10-19-24(21,22)15-8-9-17(23-2)16(18)13-15/h8-9,13-14,19H,3-7,10-12H2,1-2H3/t14-/m0/s1. The van der Waals surface area contributed by atoms with E-state index in [1.165, 1.54) is 25.7 Å². The molecular formula is C17H27BrN2O3S. The third-order valence-corrected chi connectivity index (χ3v) is 6.65. The Morgan fingerprint density at radius 2 is 2.17 bits per heavy atom. The molecule has 0 bridgehead atoms. The molecule has 0 spiro atoms. The van der Waals surface area contributed by atoms with Gasteiger partial charge in [-0.25, -0.2) is 13.1 Å². The SMILES string of the molecule is CC[C@H]1CCCCN1CCCNS(=O)(=O)c1ccc(OC)c(Br)c1. The third kappa shape index (κ3) is 5.18. The second-order valence-electron chi connectivity index (χ2n) is 6.14. The summed E-state index contributed by atoms with van der Waals surface area (Å²) in [7, 11) is -1.93. The predicted molar refractivity (Wildman–Crippen MR) is 100 cm³/mol. The van der Waals surface area contributed by atoms with Crippen molar-refractivity contribution in [3.05, 3.63) is 22.7 Å². The zero-order valence-electron chi connectivity index (χ0n) is 14.4. The van der Waals surface area contributed by atoms with Gasteiger partial charge in [0.05, 0.1) is 16.5 Å². The molecule has 24 heavy (non-hydrogen) atoms. The van der Waals surface area contributed by atoms with Gasteiger partial charge in [0.15, 0.2) is 0 Å². The van der Waals surface area contributed by atoms with E-state index in [-0.39, 0.29) is 4.90 Å². The molecule has 1 aromatic carbocycles. The second-order valence-corrected chi connectivity index (χ2v) is 8.76. The zero-order chi connectivity index (χ0) is 17.6. The third-order valence-electron chi connectivity index (χ3n) is 4.57. The van der Waals surface area contributed by atoms with Gasteiger partial charge in [-0.15, -0.1) is 0 Å². The van der Waals surface area contributed by atoms with Crippen molar-refractivity contribution < 1.29 is 13.2 Å². The smallest absolute Gasteiger partial charge is 0.240 e. The van der Waals surface area contributed by atoms with Gasteiger partial charge in [0.1, 0.15) is 5.75 Å². The summed E-state index contributed by atoms with van der Waals surface area (Å²) in [5.74, 6) is 0.615. The number of nitrogens with zero attached hydrogens (tertiary/aromatic N) is 1. The van der Waals surface area contributed by atoms with E-state index in [1.807, 2.05) is 0 Å². The molecule has 0 radical (unpaired) electrons. The van der Waals surface area contributed by atoms with Crippen LogP contribution in [0.3, 0.4) is 0 Å². The van der Waals surface area contributed by atoms with Crippen LogP contribution >= 0.6 is 15.9 Å². The van der Waals surface area contributed by atoms with Crippen LogP contribution in [0.1, 0.15) is 39.0 Å². The highest BCUT2D eigenvalue weighted by Gasteiger charge is 2.20. The molecule has 0 unspecified atom stereocenters. The van der Waals surface area contributed by atoms with Crippen molar-refractivity contribution in [2.24, 2.45) is 0 Å². The summed E-state index contributed by atoms with van der Waals surface area (Å²) < 4.78 is 33.2. The Hall–Kier alpha value is -0.630. The molecule has 0 saturated carbocycles. The molecule has 7 heteroatoms. The monoisotopic (exact) mass is 418 g/mol. The fourth-order valence-electron chi connectivity index (χ4n) is 3.20. The van der Waals surface area contributed by atoms with E-state index in [4.69, 9.17) is 4.74 Å². The van der Waals surface area contributed by atoms with E-state index < -0.39 is 10.0 Å². The van der Waals surface area contributed by atoms with Gasteiger partial charge in [0.2, 0.25) is 10.0 Å². The fraction of sp³-hybridized carbons (Fsp3) is 0.647. The van der Waals surface area contributed by atoms with Crippen LogP contribution in [0.15, 0.2) is 27.6 Å². The first kappa shape index (κ1) is 19.7. The first-order valence-electron chi connectivity index (χ1n) is 8.55. The van der Waals surface area contributed by atoms with E-state index in [2.05, 4.69) is 32.5 Å². The number of likely N-dealkylation sites (tertiary alicyclic amines) is 1.